The molecule has 0 radical (unpaired) electrons. The van der Waals surface area contributed by atoms with Gasteiger partial charge in [-0.3, -0.25) is 9.69 Å². The molecule has 0 unspecified atom stereocenters. The van der Waals surface area contributed by atoms with Crippen molar-refractivity contribution in [3.8, 4) is 0 Å². The Kier molecular flexibility index (Phi) is 4.95. The van der Waals surface area contributed by atoms with E-state index in [0.29, 0.717) is 29.3 Å². The third kappa shape index (κ3) is 3.27. The average Bonchev–Trinajstić information content (AvgIpc) is 2.44. The maximum Gasteiger partial charge on any atom is 0.309 e. The molecular weight excluding hydrogens is 297 g/mol. The maximum absolute atomic E-state index is 11.4. The number of piperidine rings is 1. The summed E-state index contributed by atoms with van der Waals surface area (Å²) < 4.78 is 0. The van der Waals surface area contributed by atoms with E-state index in [1.54, 1.807) is 6.07 Å². The fraction of sp³-hybridized carbons (Fsp3) is 0.533. The van der Waals surface area contributed by atoms with Crippen molar-refractivity contribution in [2.75, 3.05) is 13.1 Å². The average molecular weight is 316 g/mol. The molecule has 0 saturated carbocycles. The van der Waals surface area contributed by atoms with Gasteiger partial charge in [0.1, 0.15) is 0 Å². The Labute approximate surface area is 129 Å². The molecule has 5 heteroatoms. The minimum atomic E-state index is -0.658. The maximum atomic E-state index is 11.4. The van der Waals surface area contributed by atoms with E-state index in [1.165, 1.54) is 0 Å². The van der Waals surface area contributed by atoms with Crippen molar-refractivity contribution < 1.29 is 9.90 Å². The number of carbonyl (C=O) groups is 1. The summed E-state index contributed by atoms with van der Waals surface area (Å²) in [5.74, 6) is -0.658. The number of hydrogen-bond acceptors (Lipinski definition) is 2. The normalized spacial score (nSPS) is 18.9. The summed E-state index contributed by atoms with van der Waals surface area (Å²) in [6.07, 6.45) is 2.11. The quantitative estimate of drug-likeness (QED) is 0.910. The lowest BCUT2D eigenvalue weighted by Crippen LogP contribution is -2.43. The summed E-state index contributed by atoms with van der Waals surface area (Å²) in [5.41, 5.74) is 0.576. The molecule has 0 aliphatic carbocycles. The van der Waals surface area contributed by atoms with E-state index in [-0.39, 0.29) is 0 Å². The number of aliphatic carboxylic acids is 1. The van der Waals surface area contributed by atoms with Crippen molar-refractivity contribution >= 4 is 29.2 Å². The predicted octanol–water partition coefficient (Wildman–Crippen LogP) is 4.07. The zero-order valence-corrected chi connectivity index (χ0v) is 13.0. The van der Waals surface area contributed by atoms with Gasteiger partial charge in [0.25, 0.3) is 0 Å². The van der Waals surface area contributed by atoms with Gasteiger partial charge in [0.15, 0.2) is 0 Å². The molecule has 1 aliphatic rings. The zero-order chi connectivity index (χ0) is 14.8. The van der Waals surface area contributed by atoms with E-state index in [1.807, 2.05) is 19.1 Å². The predicted molar refractivity (Wildman–Crippen MR) is 81.3 cm³/mol. The second-order valence-electron chi connectivity index (χ2n) is 5.46. The molecule has 20 heavy (non-hydrogen) atoms. The van der Waals surface area contributed by atoms with Gasteiger partial charge in [0.05, 0.1) is 15.5 Å². The van der Waals surface area contributed by atoms with Gasteiger partial charge in [0.2, 0.25) is 0 Å². The SMILES string of the molecule is CCC1(C(=O)O)CCN(Cc2ccc(Cl)c(Cl)c2)CC1. The van der Waals surface area contributed by atoms with Crippen LogP contribution >= 0.6 is 23.2 Å². The Morgan fingerprint density at radius 2 is 1.95 bits per heavy atom. The molecule has 1 aromatic carbocycles. The van der Waals surface area contributed by atoms with Gasteiger partial charge in [0, 0.05) is 6.54 Å². The first kappa shape index (κ1) is 15.6. The molecule has 0 atom stereocenters. The van der Waals surface area contributed by atoms with E-state index in [2.05, 4.69) is 4.90 Å². The minimum Gasteiger partial charge on any atom is -0.481 e. The van der Waals surface area contributed by atoms with E-state index in [4.69, 9.17) is 23.2 Å². The zero-order valence-electron chi connectivity index (χ0n) is 11.5. The van der Waals surface area contributed by atoms with Crippen LogP contribution in [-0.4, -0.2) is 29.1 Å². The van der Waals surface area contributed by atoms with Crippen LogP contribution in [0.5, 0.6) is 0 Å². The van der Waals surface area contributed by atoms with Crippen molar-refractivity contribution in [2.24, 2.45) is 5.41 Å². The lowest BCUT2D eigenvalue weighted by Gasteiger charge is -2.38. The largest absolute Gasteiger partial charge is 0.481 e. The lowest BCUT2D eigenvalue weighted by molar-refractivity contribution is -0.152. The van der Waals surface area contributed by atoms with Gasteiger partial charge in [-0.25, -0.2) is 0 Å². The first-order chi connectivity index (χ1) is 9.47. The van der Waals surface area contributed by atoms with Crippen molar-refractivity contribution in [1.82, 2.24) is 4.90 Å². The van der Waals surface area contributed by atoms with Crippen molar-refractivity contribution in [2.45, 2.75) is 32.7 Å². The van der Waals surface area contributed by atoms with Gasteiger partial charge in [-0.2, -0.15) is 0 Å². The summed E-state index contributed by atoms with van der Waals surface area (Å²) in [7, 11) is 0. The van der Waals surface area contributed by atoms with Crippen molar-refractivity contribution in [1.29, 1.82) is 0 Å². The number of halogens is 2. The first-order valence-corrected chi connectivity index (χ1v) is 7.62. The van der Waals surface area contributed by atoms with Gasteiger partial charge in [-0.1, -0.05) is 36.2 Å². The minimum absolute atomic E-state index is 0.534. The number of rotatable bonds is 4. The van der Waals surface area contributed by atoms with Crippen LogP contribution in [0.3, 0.4) is 0 Å². The second kappa shape index (κ2) is 6.33. The van der Waals surface area contributed by atoms with Crippen LogP contribution in [0, 0.1) is 5.41 Å². The van der Waals surface area contributed by atoms with Crippen LogP contribution in [0.2, 0.25) is 10.0 Å². The summed E-state index contributed by atoms with van der Waals surface area (Å²) in [6, 6.07) is 5.65. The Balaban J connectivity index is 1.97. The summed E-state index contributed by atoms with van der Waals surface area (Å²) in [6.45, 7) is 4.36. The Morgan fingerprint density at radius 1 is 1.30 bits per heavy atom. The lowest BCUT2D eigenvalue weighted by atomic mass is 9.76. The van der Waals surface area contributed by atoms with Crippen LogP contribution in [0.4, 0.5) is 0 Å². The number of hydrogen-bond donors (Lipinski definition) is 1. The van der Waals surface area contributed by atoms with Gasteiger partial charge < -0.3 is 5.11 Å². The number of nitrogens with zero attached hydrogens (tertiary/aromatic N) is 1. The van der Waals surface area contributed by atoms with Gasteiger partial charge in [-0.05, 0) is 50.0 Å². The molecule has 110 valence electrons. The molecular formula is C15H19Cl2NO2. The van der Waals surface area contributed by atoms with Crippen LogP contribution in [0.15, 0.2) is 18.2 Å². The molecule has 1 aliphatic heterocycles. The Bertz CT molecular complexity index is 497. The van der Waals surface area contributed by atoms with E-state index in [9.17, 15) is 9.90 Å². The molecule has 1 heterocycles. The van der Waals surface area contributed by atoms with E-state index in [0.717, 1.165) is 25.2 Å². The highest BCUT2D eigenvalue weighted by molar-refractivity contribution is 6.42. The topological polar surface area (TPSA) is 40.5 Å². The summed E-state index contributed by atoms with van der Waals surface area (Å²) >= 11 is 11.9. The van der Waals surface area contributed by atoms with E-state index >= 15 is 0 Å². The number of carboxylic acids is 1. The smallest absolute Gasteiger partial charge is 0.309 e. The Hall–Kier alpha value is -0.770. The van der Waals surface area contributed by atoms with Crippen molar-refractivity contribution in [3.05, 3.63) is 33.8 Å². The van der Waals surface area contributed by atoms with E-state index < -0.39 is 11.4 Å². The van der Waals surface area contributed by atoms with Crippen LogP contribution in [0.1, 0.15) is 31.7 Å². The number of likely N-dealkylation sites (tertiary alicyclic amines) is 1. The van der Waals surface area contributed by atoms with Crippen LogP contribution in [-0.2, 0) is 11.3 Å². The molecule has 1 N–H and O–H groups in total. The number of carboxylic acid groups (broad SMARTS) is 1. The third-order valence-electron chi connectivity index (χ3n) is 4.33. The highest BCUT2D eigenvalue weighted by atomic mass is 35.5. The molecule has 2 rings (SSSR count). The molecule has 0 amide bonds. The third-order valence-corrected chi connectivity index (χ3v) is 5.07. The number of benzene rings is 1. The highest BCUT2D eigenvalue weighted by Crippen LogP contribution is 2.35. The van der Waals surface area contributed by atoms with Crippen LogP contribution in [0.25, 0.3) is 0 Å². The summed E-state index contributed by atoms with van der Waals surface area (Å²) in [4.78, 5) is 13.7. The molecule has 0 bridgehead atoms. The molecule has 3 nitrogen and oxygen atoms in total. The van der Waals surface area contributed by atoms with Gasteiger partial charge in [-0.15, -0.1) is 0 Å². The molecule has 1 saturated heterocycles. The molecule has 1 aromatic rings. The second-order valence-corrected chi connectivity index (χ2v) is 6.28. The highest BCUT2D eigenvalue weighted by Gasteiger charge is 2.39. The Morgan fingerprint density at radius 3 is 2.45 bits per heavy atom. The van der Waals surface area contributed by atoms with Crippen LogP contribution < -0.4 is 0 Å². The van der Waals surface area contributed by atoms with Gasteiger partial charge >= 0.3 is 5.97 Å². The molecule has 0 spiro atoms. The molecule has 0 aromatic heterocycles. The first-order valence-electron chi connectivity index (χ1n) is 6.86. The fourth-order valence-electron chi connectivity index (χ4n) is 2.75. The van der Waals surface area contributed by atoms with Crippen molar-refractivity contribution in [3.63, 3.8) is 0 Å². The monoisotopic (exact) mass is 315 g/mol. The standard InChI is InChI=1S/C15H19Cl2NO2/c1-2-15(14(19)20)5-7-18(8-6-15)10-11-3-4-12(16)13(17)9-11/h3-4,9H,2,5-8,10H2,1H3,(H,19,20). The summed E-state index contributed by atoms with van der Waals surface area (Å²) in [5, 5.41) is 10.5. The molecule has 1 fully saturated rings. The fourth-order valence-corrected chi connectivity index (χ4v) is 3.07.